The third kappa shape index (κ3) is 1.28. The number of aromatic amines is 1. The first-order chi connectivity index (χ1) is 7.77. The summed E-state index contributed by atoms with van der Waals surface area (Å²) in [5.74, 6) is 0.744. The van der Waals surface area contributed by atoms with Crippen LogP contribution in [-0.2, 0) is 6.61 Å². The Labute approximate surface area is 99.4 Å². The monoisotopic (exact) mass is 278 g/mol. The molecule has 0 saturated carbocycles. The number of H-pyrrole nitrogens is 1. The van der Waals surface area contributed by atoms with Crippen LogP contribution in [0.3, 0.4) is 0 Å². The van der Waals surface area contributed by atoms with Gasteiger partial charge in [-0.3, -0.25) is 9.78 Å². The van der Waals surface area contributed by atoms with Gasteiger partial charge in [0.05, 0.1) is 10.7 Å². The van der Waals surface area contributed by atoms with Gasteiger partial charge in [-0.2, -0.15) is 0 Å². The quantitative estimate of drug-likeness (QED) is 0.803. The standard InChI is InChI=1S/C11H7BrN2O2/c12-10-8-5-16-9-4-13-2-1-6(9)7(8)3-14-11(10)15/h1-4H,5H2,(H,14,15). The molecule has 0 unspecified atom stereocenters. The van der Waals surface area contributed by atoms with Gasteiger partial charge in [0.1, 0.15) is 12.4 Å². The van der Waals surface area contributed by atoms with Crippen LogP contribution in [0.4, 0.5) is 0 Å². The topological polar surface area (TPSA) is 55.0 Å². The van der Waals surface area contributed by atoms with E-state index in [1.54, 1.807) is 18.6 Å². The molecular formula is C11H7BrN2O2. The first-order valence-electron chi connectivity index (χ1n) is 4.74. The molecule has 2 aromatic heterocycles. The van der Waals surface area contributed by atoms with E-state index in [1.165, 1.54) is 0 Å². The van der Waals surface area contributed by atoms with Crippen LogP contribution >= 0.6 is 15.9 Å². The van der Waals surface area contributed by atoms with Gasteiger partial charge in [0.25, 0.3) is 5.56 Å². The summed E-state index contributed by atoms with van der Waals surface area (Å²) < 4.78 is 6.08. The molecule has 4 nitrogen and oxygen atoms in total. The smallest absolute Gasteiger partial charge is 0.262 e. The first kappa shape index (κ1) is 9.59. The van der Waals surface area contributed by atoms with Gasteiger partial charge < -0.3 is 9.72 Å². The molecule has 1 aliphatic heterocycles. The van der Waals surface area contributed by atoms with E-state index in [-0.39, 0.29) is 5.56 Å². The van der Waals surface area contributed by atoms with Crippen LogP contribution in [0.5, 0.6) is 5.75 Å². The summed E-state index contributed by atoms with van der Waals surface area (Å²) in [7, 11) is 0. The zero-order valence-electron chi connectivity index (χ0n) is 8.16. The molecule has 5 heteroatoms. The van der Waals surface area contributed by atoms with E-state index in [0.29, 0.717) is 11.1 Å². The van der Waals surface area contributed by atoms with Crippen molar-refractivity contribution in [3.63, 3.8) is 0 Å². The highest BCUT2D eigenvalue weighted by atomic mass is 79.9. The molecule has 0 amide bonds. The number of halogens is 1. The number of rotatable bonds is 0. The van der Waals surface area contributed by atoms with E-state index in [2.05, 4.69) is 25.9 Å². The Morgan fingerprint density at radius 2 is 2.31 bits per heavy atom. The molecule has 0 aromatic carbocycles. The second-order valence-electron chi connectivity index (χ2n) is 3.48. The lowest BCUT2D eigenvalue weighted by Gasteiger charge is -2.20. The van der Waals surface area contributed by atoms with Crippen molar-refractivity contribution < 1.29 is 4.74 Å². The summed E-state index contributed by atoms with van der Waals surface area (Å²) in [5, 5.41) is 0. The number of ether oxygens (including phenoxy) is 1. The van der Waals surface area contributed by atoms with Gasteiger partial charge >= 0.3 is 0 Å². The highest BCUT2D eigenvalue weighted by Crippen LogP contribution is 2.37. The summed E-state index contributed by atoms with van der Waals surface area (Å²) in [5.41, 5.74) is 2.67. The van der Waals surface area contributed by atoms with E-state index < -0.39 is 0 Å². The molecule has 3 heterocycles. The van der Waals surface area contributed by atoms with Crippen LogP contribution in [-0.4, -0.2) is 9.97 Å². The van der Waals surface area contributed by atoms with Gasteiger partial charge in [0.15, 0.2) is 0 Å². The molecule has 0 bridgehead atoms. The molecular weight excluding hydrogens is 272 g/mol. The van der Waals surface area contributed by atoms with Crippen LogP contribution in [0, 0.1) is 0 Å². The van der Waals surface area contributed by atoms with Crippen molar-refractivity contribution in [3.05, 3.63) is 45.0 Å². The fraction of sp³-hybridized carbons (Fsp3) is 0.0909. The summed E-state index contributed by atoms with van der Waals surface area (Å²) in [4.78, 5) is 18.1. The minimum absolute atomic E-state index is 0.139. The summed E-state index contributed by atoms with van der Waals surface area (Å²) >= 11 is 3.28. The minimum Gasteiger partial charge on any atom is -0.487 e. The molecule has 0 aliphatic carbocycles. The highest BCUT2D eigenvalue weighted by molar-refractivity contribution is 9.10. The molecule has 16 heavy (non-hydrogen) atoms. The number of hydrogen-bond donors (Lipinski definition) is 1. The van der Waals surface area contributed by atoms with E-state index in [4.69, 9.17) is 4.74 Å². The molecule has 0 saturated heterocycles. The van der Waals surface area contributed by atoms with E-state index in [0.717, 1.165) is 22.4 Å². The normalized spacial score (nSPS) is 12.6. The van der Waals surface area contributed by atoms with Crippen LogP contribution in [0.15, 0.2) is 33.9 Å². The van der Waals surface area contributed by atoms with Crippen molar-refractivity contribution in [1.29, 1.82) is 0 Å². The summed E-state index contributed by atoms with van der Waals surface area (Å²) in [6.07, 6.45) is 5.09. The number of aromatic nitrogens is 2. The molecule has 2 aromatic rings. The SMILES string of the molecule is O=c1[nH]cc2c(c1Br)COc1cnccc1-2. The molecule has 1 N–H and O–H groups in total. The Balaban J connectivity index is 2.34. The van der Waals surface area contributed by atoms with Gasteiger partial charge in [-0.25, -0.2) is 0 Å². The molecule has 1 aliphatic rings. The third-order valence-corrected chi connectivity index (χ3v) is 3.42. The summed E-state index contributed by atoms with van der Waals surface area (Å²) in [6, 6.07) is 1.87. The van der Waals surface area contributed by atoms with Crippen molar-refractivity contribution >= 4 is 15.9 Å². The lowest BCUT2D eigenvalue weighted by molar-refractivity contribution is 0.300. The van der Waals surface area contributed by atoms with E-state index in [9.17, 15) is 4.79 Å². The highest BCUT2D eigenvalue weighted by Gasteiger charge is 2.20. The second-order valence-corrected chi connectivity index (χ2v) is 4.28. The van der Waals surface area contributed by atoms with Crippen molar-refractivity contribution in [2.75, 3.05) is 0 Å². The van der Waals surface area contributed by atoms with Crippen molar-refractivity contribution in [3.8, 4) is 16.9 Å². The predicted molar refractivity (Wildman–Crippen MR) is 62.3 cm³/mol. The van der Waals surface area contributed by atoms with Crippen LogP contribution in [0.1, 0.15) is 5.56 Å². The number of pyridine rings is 2. The van der Waals surface area contributed by atoms with Crippen LogP contribution in [0.2, 0.25) is 0 Å². The molecule has 3 rings (SSSR count). The van der Waals surface area contributed by atoms with E-state index >= 15 is 0 Å². The zero-order valence-corrected chi connectivity index (χ0v) is 9.74. The maximum atomic E-state index is 11.4. The van der Waals surface area contributed by atoms with E-state index in [1.807, 2.05) is 6.07 Å². The van der Waals surface area contributed by atoms with Crippen molar-refractivity contribution in [2.24, 2.45) is 0 Å². The number of fused-ring (bicyclic) bond motifs is 3. The van der Waals surface area contributed by atoms with Gasteiger partial charge in [-0.1, -0.05) is 0 Å². The Kier molecular flexibility index (Phi) is 2.07. The van der Waals surface area contributed by atoms with Gasteiger partial charge in [-0.15, -0.1) is 0 Å². The Hall–Kier alpha value is -1.62. The molecule has 80 valence electrons. The molecule has 0 radical (unpaired) electrons. The maximum absolute atomic E-state index is 11.4. The Bertz CT molecular complexity index is 622. The maximum Gasteiger partial charge on any atom is 0.262 e. The van der Waals surface area contributed by atoms with Crippen molar-refractivity contribution in [2.45, 2.75) is 6.61 Å². The lowest BCUT2D eigenvalue weighted by Crippen LogP contribution is -2.15. The molecule has 0 atom stereocenters. The van der Waals surface area contributed by atoms with Gasteiger partial charge in [0, 0.05) is 29.1 Å². The molecule has 0 spiro atoms. The lowest BCUT2D eigenvalue weighted by atomic mass is 10.0. The number of nitrogens with zero attached hydrogens (tertiary/aromatic N) is 1. The molecule has 0 fully saturated rings. The van der Waals surface area contributed by atoms with Crippen molar-refractivity contribution in [1.82, 2.24) is 9.97 Å². The van der Waals surface area contributed by atoms with Gasteiger partial charge in [0.2, 0.25) is 0 Å². The summed E-state index contributed by atoms with van der Waals surface area (Å²) in [6.45, 7) is 0.387. The fourth-order valence-corrected chi connectivity index (χ4v) is 2.23. The van der Waals surface area contributed by atoms with Gasteiger partial charge in [-0.05, 0) is 22.0 Å². The van der Waals surface area contributed by atoms with Crippen LogP contribution < -0.4 is 10.3 Å². The Morgan fingerprint density at radius 1 is 1.44 bits per heavy atom. The number of hydrogen-bond acceptors (Lipinski definition) is 3. The average Bonchev–Trinajstić information content (AvgIpc) is 2.33. The zero-order chi connectivity index (χ0) is 11.1. The first-order valence-corrected chi connectivity index (χ1v) is 5.54. The second kappa shape index (κ2) is 3.45. The minimum atomic E-state index is -0.139. The average molecular weight is 279 g/mol. The fourth-order valence-electron chi connectivity index (χ4n) is 1.79. The largest absolute Gasteiger partial charge is 0.487 e. The van der Waals surface area contributed by atoms with Crippen LogP contribution in [0.25, 0.3) is 11.1 Å². The third-order valence-electron chi connectivity index (χ3n) is 2.58. The predicted octanol–water partition coefficient (Wildman–Crippen LogP) is 2.09. The number of nitrogens with one attached hydrogen (secondary N) is 1. The Morgan fingerprint density at radius 3 is 3.19 bits per heavy atom.